The first-order chi connectivity index (χ1) is 8.08. The number of carbonyl (C=O) groups is 2. The van der Waals surface area contributed by atoms with Gasteiger partial charge in [0.2, 0.25) is 0 Å². The van der Waals surface area contributed by atoms with Crippen LogP contribution < -0.4 is 10.6 Å². The van der Waals surface area contributed by atoms with Crippen molar-refractivity contribution < 1.29 is 14.7 Å². The van der Waals surface area contributed by atoms with Gasteiger partial charge in [-0.2, -0.15) is 0 Å². The predicted octanol–water partition coefficient (Wildman–Crippen LogP) is 1.58. The standard InChI is InChI=1S/C12H22N2O3/c1-3-5-9(11(15)16)7-13-12(17)14-10-6-8(10)4-2/h8-10H,3-7H2,1-2H3,(H,15,16)(H2,13,14,17). The van der Waals surface area contributed by atoms with Crippen molar-refractivity contribution in [2.75, 3.05) is 6.54 Å². The molecule has 0 aromatic rings. The highest BCUT2D eigenvalue weighted by Crippen LogP contribution is 2.32. The summed E-state index contributed by atoms with van der Waals surface area (Å²) in [6.07, 6.45) is 3.52. The lowest BCUT2D eigenvalue weighted by atomic mass is 10.0. The molecule has 1 aliphatic carbocycles. The smallest absolute Gasteiger partial charge is 0.315 e. The number of nitrogens with one attached hydrogen (secondary N) is 2. The van der Waals surface area contributed by atoms with Gasteiger partial charge in [0.05, 0.1) is 5.92 Å². The van der Waals surface area contributed by atoms with Gasteiger partial charge >= 0.3 is 12.0 Å². The van der Waals surface area contributed by atoms with Crippen LogP contribution in [0, 0.1) is 11.8 Å². The number of aliphatic carboxylic acids is 1. The van der Waals surface area contributed by atoms with Gasteiger partial charge < -0.3 is 15.7 Å². The summed E-state index contributed by atoms with van der Waals surface area (Å²) in [6, 6.07) is 0.0442. The first kappa shape index (κ1) is 13.8. The van der Waals surface area contributed by atoms with Gasteiger partial charge in [-0.05, 0) is 18.8 Å². The van der Waals surface area contributed by atoms with E-state index in [9.17, 15) is 9.59 Å². The zero-order valence-corrected chi connectivity index (χ0v) is 10.5. The number of hydrogen-bond donors (Lipinski definition) is 3. The van der Waals surface area contributed by atoms with Crippen molar-refractivity contribution in [1.82, 2.24) is 10.6 Å². The van der Waals surface area contributed by atoms with Gasteiger partial charge in [-0.1, -0.05) is 26.7 Å². The lowest BCUT2D eigenvalue weighted by Gasteiger charge is -2.12. The van der Waals surface area contributed by atoms with Crippen molar-refractivity contribution in [2.24, 2.45) is 11.8 Å². The second-order valence-corrected chi connectivity index (χ2v) is 4.69. The fourth-order valence-electron chi connectivity index (χ4n) is 1.97. The summed E-state index contributed by atoms with van der Waals surface area (Å²) in [5.41, 5.74) is 0. The van der Waals surface area contributed by atoms with E-state index < -0.39 is 11.9 Å². The first-order valence-electron chi connectivity index (χ1n) is 6.35. The molecule has 0 aromatic heterocycles. The molecule has 3 N–H and O–H groups in total. The molecule has 5 heteroatoms. The molecular formula is C12H22N2O3. The predicted molar refractivity (Wildman–Crippen MR) is 64.8 cm³/mol. The Labute approximate surface area is 102 Å². The van der Waals surface area contributed by atoms with E-state index in [0.717, 1.165) is 19.3 Å². The third kappa shape index (κ3) is 4.63. The van der Waals surface area contributed by atoms with Crippen molar-refractivity contribution in [1.29, 1.82) is 0 Å². The Bertz CT molecular complexity index is 281. The normalized spacial score (nSPS) is 23.9. The maximum absolute atomic E-state index is 11.5. The second-order valence-electron chi connectivity index (χ2n) is 4.69. The van der Waals surface area contributed by atoms with Crippen molar-refractivity contribution in [3.63, 3.8) is 0 Å². The Kier molecular flexibility index (Phi) is 5.25. The topological polar surface area (TPSA) is 78.4 Å². The van der Waals surface area contributed by atoms with E-state index in [1.54, 1.807) is 0 Å². The van der Waals surface area contributed by atoms with Crippen LogP contribution in [0.2, 0.25) is 0 Å². The summed E-state index contributed by atoms with van der Waals surface area (Å²) >= 11 is 0. The van der Waals surface area contributed by atoms with E-state index in [-0.39, 0.29) is 18.6 Å². The Morgan fingerprint density at radius 2 is 2.12 bits per heavy atom. The molecule has 0 heterocycles. The summed E-state index contributed by atoms with van der Waals surface area (Å²) in [5.74, 6) is -0.719. The van der Waals surface area contributed by atoms with Gasteiger partial charge in [0, 0.05) is 12.6 Å². The van der Waals surface area contributed by atoms with Crippen LogP contribution in [0.4, 0.5) is 4.79 Å². The van der Waals surface area contributed by atoms with E-state index in [1.807, 2.05) is 6.92 Å². The van der Waals surface area contributed by atoms with E-state index in [2.05, 4.69) is 17.6 Å². The quantitative estimate of drug-likeness (QED) is 0.634. The lowest BCUT2D eigenvalue weighted by Crippen LogP contribution is -2.41. The van der Waals surface area contributed by atoms with E-state index in [0.29, 0.717) is 12.3 Å². The molecule has 0 radical (unpaired) electrons. The molecule has 3 unspecified atom stereocenters. The molecule has 1 fully saturated rings. The Hall–Kier alpha value is -1.26. The maximum atomic E-state index is 11.5. The largest absolute Gasteiger partial charge is 0.481 e. The van der Waals surface area contributed by atoms with Crippen LogP contribution in [-0.4, -0.2) is 29.7 Å². The Morgan fingerprint density at radius 3 is 2.59 bits per heavy atom. The van der Waals surface area contributed by atoms with Crippen LogP contribution in [0.25, 0.3) is 0 Å². The Morgan fingerprint density at radius 1 is 1.41 bits per heavy atom. The zero-order valence-electron chi connectivity index (χ0n) is 10.5. The van der Waals surface area contributed by atoms with Crippen molar-refractivity contribution >= 4 is 12.0 Å². The van der Waals surface area contributed by atoms with Gasteiger partial charge in [-0.3, -0.25) is 4.79 Å². The number of urea groups is 1. The number of carbonyl (C=O) groups excluding carboxylic acids is 1. The highest BCUT2D eigenvalue weighted by Gasteiger charge is 2.36. The first-order valence-corrected chi connectivity index (χ1v) is 6.35. The number of amides is 2. The molecule has 0 saturated heterocycles. The molecule has 0 bridgehead atoms. The van der Waals surface area contributed by atoms with E-state index >= 15 is 0 Å². The number of carboxylic acids is 1. The average Bonchev–Trinajstić information content (AvgIpc) is 3.02. The minimum atomic E-state index is -0.843. The fourth-order valence-corrected chi connectivity index (χ4v) is 1.97. The summed E-state index contributed by atoms with van der Waals surface area (Å²) in [7, 11) is 0. The molecule has 98 valence electrons. The van der Waals surface area contributed by atoms with Crippen LogP contribution in [0.1, 0.15) is 39.5 Å². The summed E-state index contributed by atoms with van der Waals surface area (Å²) in [5, 5.41) is 14.4. The molecule has 0 aliphatic heterocycles. The highest BCUT2D eigenvalue weighted by atomic mass is 16.4. The van der Waals surface area contributed by atoms with Gasteiger partial charge in [0.1, 0.15) is 0 Å². The molecule has 0 spiro atoms. The minimum Gasteiger partial charge on any atom is -0.481 e. The van der Waals surface area contributed by atoms with Crippen LogP contribution in [0.15, 0.2) is 0 Å². The van der Waals surface area contributed by atoms with Gasteiger partial charge in [0.25, 0.3) is 0 Å². The second kappa shape index (κ2) is 6.47. The number of rotatable bonds is 7. The van der Waals surface area contributed by atoms with Gasteiger partial charge in [0.15, 0.2) is 0 Å². The van der Waals surface area contributed by atoms with Crippen LogP contribution in [-0.2, 0) is 4.79 Å². The summed E-state index contributed by atoms with van der Waals surface area (Å²) in [6.45, 7) is 4.25. The SMILES string of the molecule is CCCC(CNC(=O)NC1CC1CC)C(=O)O. The van der Waals surface area contributed by atoms with Crippen molar-refractivity contribution in [3.05, 3.63) is 0 Å². The summed E-state index contributed by atoms with van der Waals surface area (Å²) < 4.78 is 0. The molecule has 5 nitrogen and oxygen atoms in total. The summed E-state index contributed by atoms with van der Waals surface area (Å²) in [4.78, 5) is 22.3. The monoisotopic (exact) mass is 242 g/mol. The number of hydrogen-bond acceptors (Lipinski definition) is 2. The molecule has 0 aromatic carbocycles. The molecule has 2 amide bonds. The molecule has 1 saturated carbocycles. The highest BCUT2D eigenvalue weighted by molar-refractivity contribution is 5.76. The maximum Gasteiger partial charge on any atom is 0.315 e. The van der Waals surface area contributed by atoms with Crippen molar-refractivity contribution in [3.8, 4) is 0 Å². The molecular weight excluding hydrogens is 220 g/mol. The zero-order chi connectivity index (χ0) is 12.8. The third-order valence-electron chi connectivity index (χ3n) is 3.26. The average molecular weight is 242 g/mol. The molecule has 3 atom stereocenters. The van der Waals surface area contributed by atoms with Gasteiger partial charge in [-0.25, -0.2) is 4.79 Å². The lowest BCUT2D eigenvalue weighted by molar-refractivity contribution is -0.141. The van der Waals surface area contributed by atoms with Gasteiger partial charge in [-0.15, -0.1) is 0 Å². The molecule has 1 aliphatic rings. The van der Waals surface area contributed by atoms with Crippen LogP contribution in [0.3, 0.4) is 0 Å². The number of carboxylic acid groups (broad SMARTS) is 1. The van der Waals surface area contributed by atoms with E-state index in [4.69, 9.17) is 5.11 Å². The molecule has 17 heavy (non-hydrogen) atoms. The van der Waals surface area contributed by atoms with Crippen molar-refractivity contribution in [2.45, 2.75) is 45.6 Å². The third-order valence-corrected chi connectivity index (χ3v) is 3.26. The van der Waals surface area contributed by atoms with E-state index in [1.165, 1.54) is 0 Å². The van der Waals surface area contributed by atoms with Crippen LogP contribution >= 0.6 is 0 Å². The molecule has 1 rings (SSSR count). The fraction of sp³-hybridized carbons (Fsp3) is 0.833. The van der Waals surface area contributed by atoms with Crippen LogP contribution in [0.5, 0.6) is 0 Å². The Balaban J connectivity index is 2.20. The minimum absolute atomic E-state index is 0.207.